The summed E-state index contributed by atoms with van der Waals surface area (Å²) in [6.45, 7) is 2.92. The zero-order valence-electron chi connectivity index (χ0n) is 14.1. The molecule has 0 aromatic heterocycles. The van der Waals surface area contributed by atoms with Gasteiger partial charge in [-0.2, -0.15) is 0 Å². The van der Waals surface area contributed by atoms with Gasteiger partial charge in [0.05, 0.1) is 23.2 Å². The van der Waals surface area contributed by atoms with Crippen LogP contribution >= 0.6 is 11.6 Å². The molecule has 3 rings (SSSR count). The molecule has 0 bridgehead atoms. The zero-order chi connectivity index (χ0) is 18.7. The summed E-state index contributed by atoms with van der Waals surface area (Å²) in [7, 11) is 0. The number of carbonyl (C=O) groups is 1. The predicted octanol–water partition coefficient (Wildman–Crippen LogP) is 3.65. The van der Waals surface area contributed by atoms with Crippen molar-refractivity contribution in [3.05, 3.63) is 62.2 Å². The van der Waals surface area contributed by atoms with Crippen LogP contribution in [0, 0.1) is 17.0 Å². The largest absolute Gasteiger partial charge is 0.489 e. The Morgan fingerprint density at radius 3 is 2.77 bits per heavy atom. The average Bonchev–Trinajstić information content (AvgIpc) is 2.85. The Bertz CT molecular complexity index is 869. The van der Waals surface area contributed by atoms with Gasteiger partial charge >= 0.3 is 0 Å². The van der Waals surface area contributed by atoms with Crippen molar-refractivity contribution >= 4 is 23.2 Å². The third-order valence-corrected chi connectivity index (χ3v) is 4.25. The van der Waals surface area contributed by atoms with Crippen molar-refractivity contribution < 1.29 is 19.2 Å². The highest BCUT2D eigenvalue weighted by Gasteiger charge is 2.17. The molecule has 0 aliphatic carbocycles. The number of nitrogens with zero attached hydrogens (tertiary/aromatic N) is 1. The van der Waals surface area contributed by atoms with Crippen LogP contribution in [0.25, 0.3) is 0 Å². The molecule has 0 fully saturated rings. The number of hydrogen-bond donors (Lipinski definition) is 1. The number of nitro groups is 1. The van der Waals surface area contributed by atoms with Gasteiger partial charge in [0.2, 0.25) is 0 Å². The van der Waals surface area contributed by atoms with E-state index in [9.17, 15) is 14.9 Å². The summed E-state index contributed by atoms with van der Waals surface area (Å²) in [5.74, 6) is 0.752. The topological polar surface area (TPSA) is 90.7 Å². The first kappa shape index (κ1) is 18.0. The molecule has 8 heteroatoms. The number of fused-ring (bicyclic) bond motifs is 1. The van der Waals surface area contributed by atoms with E-state index in [2.05, 4.69) is 5.32 Å². The molecule has 1 aliphatic heterocycles. The van der Waals surface area contributed by atoms with Gasteiger partial charge in [-0.1, -0.05) is 11.6 Å². The van der Waals surface area contributed by atoms with Crippen LogP contribution in [0.4, 0.5) is 5.69 Å². The van der Waals surface area contributed by atoms with E-state index in [1.165, 1.54) is 18.2 Å². The molecule has 1 N–H and O–H groups in total. The lowest BCUT2D eigenvalue weighted by atomic mass is 10.1. The lowest BCUT2D eigenvalue weighted by molar-refractivity contribution is -0.385. The van der Waals surface area contributed by atoms with Crippen molar-refractivity contribution in [1.29, 1.82) is 0 Å². The van der Waals surface area contributed by atoms with Gasteiger partial charge in [0.1, 0.15) is 0 Å². The molecular weight excluding hydrogens is 360 g/mol. The van der Waals surface area contributed by atoms with E-state index in [4.69, 9.17) is 21.1 Å². The molecule has 2 aromatic rings. The molecule has 1 heterocycles. The van der Waals surface area contributed by atoms with E-state index in [1.807, 2.05) is 0 Å². The number of ether oxygens (including phenoxy) is 2. The first-order valence-corrected chi connectivity index (χ1v) is 8.45. The minimum Gasteiger partial charge on any atom is -0.489 e. The maximum absolute atomic E-state index is 12.3. The number of rotatable bonds is 4. The van der Waals surface area contributed by atoms with Crippen LogP contribution < -0.4 is 14.8 Å². The van der Waals surface area contributed by atoms with Crippen LogP contribution in [0.3, 0.4) is 0 Å². The SMILES string of the molecule is Cc1cc(C(=O)NCc2cc(Cl)c3c(c2)OCCCO3)ccc1[N+](=O)[O-]. The van der Waals surface area contributed by atoms with E-state index in [0.717, 1.165) is 12.0 Å². The number of amides is 1. The van der Waals surface area contributed by atoms with Crippen molar-refractivity contribution in [2.24, 2.45) is 0 Å². The molecule has 7 nitrogen and oxygen atoms in total. The third kappa shape index (κ3) is 3.88. The molecule has 26 heavy (non-hydrogen) atoms. The summed E-state index contributed by atoms with van der Waals surface area (Å²) < 4.78 is 11.2. The molecule has 136 valence electrons. The van der Waals surface area contributed by atoms with E-state index in [-0.39, 0.29) is 18.1 Å². The molecular formula is C18H17ClN2O5. The number of nitro benzene ring substituents is 1. The number of hydrogen-bond acceptors (Lipinski definition) is 5. The van der Waals surface area contributed by atoms with Crippen LogP contribution in [-0.4, -0.2) is 24.0 Å². The number of benzene rings is 2. The summed E-state index contributed by atoms with van der Waals surface area (Å²) in [6, 6.07) is 7.76. The van der Waals surface area contributed by atoms with E-state index in [0.29, 0.717) is 40.9 Å². The Kier molecular flexibility index (Phi) is 5.27. The molecule has 0 spiro atoms. The summed E-state index contributed by atoms with van der Waals surface area (Å²) in [5, 5.41) is 14.1. The number of aryl methyl sites for hydroxylation is 1. The minimum absolute atomic E-state index is 0.0174. The van der Waals surface area contributed by atoms with Crippen molar-refractivity contribution in [3.63, 3.8) is 0 Å². The first-order valence-electron chi connectivity index (χ1n) is 8.07. The third-order valence-electron chi connectivity index (χ3n) is 3.97. The second-order valence-electron chi connectivity index (χ2n) is 5.90. The number of nitrogens with one attached hydrogen (secondary N) is 1. The average molecular weight is 377 g/mol. The van der Waals surface area contributed by atoms with Crippen LogP contribution in [-0.2, 0) is 6.54 Å². The first-order chi connectivity index (χ1) is 12.5. The summed E-state index contributed by atoms with van der Waals surface area (Å²) >= 11 is 6.24. The lowest BCUT2D eigenvalue weighted by Crippen LogP contribution is -2.23. The van der Waals surface area contributed by atoms with Crippen LogP contribution in [0.1, 0.15) is 27.9 Å². The van der Waals surface area contributed by atoms with Crippen LogP contribution in [0.5, 0.6) is 11.5 Å². The van der Waals surface area contributed by atoms with Gasteiger partial charge in [0, 0.05) is 30.2 Å². The molecule has 0 saturated heterocycles. The van der Waals surface area contributed by atoms with Gasteiger partial charge < -0.3 is 14.8 Å². The quantitative estimate of drug-likeness (QED) is 0.649. The van der Waals surface area contributed by atoms with Gasteiger partial charge in [-0.15, -0.1) is 0 Å². The van der Waals surface area contributed by atoms with Crippen LogP contribution in [0.15, 0.2) is 30.3 Å². The van der Waals surface area contributed by atoms with Gasteiger partial charge in [-0.05, 0) is 36.8 Å². The molecule has 1 aliphatic rings. The Hall–Kier alpha value is -2.80. The lowest BCUT2D eigenvalue weighted by Gasteiger charge is -2.12. The van der Waals surface area contributed by atoms with Crippen molar-refractivity contribution in [2.45, 2.75) is 19.9 Å². The van der Waals surface area contributed by atoms with Gasteiger partial charge in [0.15, 0.2) is 11.5 Å². The second-order valence-corrected chi connectivity index (χ2v) is 6.30. The molecule has 2 aromatic carbocycles. The molecule has 0 atom stereocenters. The van der Waals surface area contributed by atoms with E-state index < -0.39 is 4.92 Å². The Balaban J connectivity index is 1.72. The fourth-order valence-electron chi connectivity index (χ4n) is 2.67. The van der Waals surface area contributed by atoms with Gasteiger partial charge in [-0.25, -0.2) is 0 Å². The van der Waals surface area contributed by atoms with E-state index in [1.54, 1.807) is 19.1 Å². The maximum Gasteiger partial charge on any atom is 0.272 e. The normalized spacial score (nSPS) is 13.0. The fourth-order valence-corrected chi connectivity index (χ4v) is 2.96. The van der Waals surface area contributed by atoms with Crippen molar-refractivity contribution in [3.8, 4) is 11.5 Å². The van der Waals surface area contributed by atoms with Gasteiger partial charge in [-0.3, -0.25) is 14.9 Å². The van der Waals surface area contributed by atoms with Crippen molar-refractivity contribution in [2.75, 3.05) is 13.2 Å². The molecule has 1 amide bonds. The highest BCUT2D eigenvalue weighted by Crippen LogP contribution is 2.38. The number of halogens is 1. The highest BCUT2D eigenvalue weighted by atomic mass is 35.5. The second kappa shape index (κ2) is 7.61. The highest BCUT2D eigenvalue weighted by molar-refractivity contribution is 6.32. The van der Waals surface area contributed by atoms with Gasteiger partial charge in [0.25, 0.3) is 11.6 Å². The smallest absolute Gasteiger partial charge is 0.272 e. The Morgan fingerprint density at radius 1 is 1.27 bits per heavy atom. The zero-order valence-corrected chi connectivity index (χ0v) is 14.8. The minimum atomic E-state index is -0.475. The van der Waals surface area contributed by atoms with Crippen molar-refractivity contribution in [1.82, 2.24) is 5.32 Å². The number of carbonyl (C=O) groups excluding carboxylic acids is 1. The standard InChI is InChI=1S/C18H17ClN2O5/c1-11-7-13(3-4-15(11)21(23)24)18(22)20-10-12-8-14(19)17-16(9-12)25-5-2-6-26-17/h3-4,7-9H,2,5-6,10H2,1H3,(H,20,22). The molecule has 0 radical (unpaired) electrons. The monoisotopic (exact) mass is 376 g/mol. The maximum atomic E-state index is 12.3. The Morgan fingerprint density at radius 2 is 2.04 bits per heavy atom. The predicted molar refractivity (Wildman–Crippen MR) is 96.1 cm³/mol. The summed E-state index contributed by atoms with van der Waals surface area (Å²) in [4.78, 5) is 22.7. The summed E-state index contributed by atoms with van der Waals surface area (Å²) in [5.41, 5.74) is 1.54. The van der Waals surface area contributed by atoms with Crippen LogP contribution in [0.2, 0.25) is 5.02 Å². The van der Waals surface area contributed by atoms with E-state index >= 15 is 0 Å². The summed E-state index contributed by atoms with van der Waals surface area (Å²) in [6.07, 6.45) is 0.774. The molecule has 0 unspecified atom stereocenters. The molecule has 0 saturated carbocycles. The Labute approximate surface area is 155 Å². The fraction of sp³-hybridized carbons (Fsp3) is 0.278.